The van der Waals surface area contributed by atoms with E-state index >= 15 is 0 Å². The molecule has 0 amide bonds. The molecule has 0 aliphatic carbocycles. The molecular weight excluding hydrogens is 216 g/mol. The Morgan fingerprint density at radius 3 is 3.06 bits per heavy atom. The summed E-state index contributed by atoms with van der Waals surface area (Å²) >= 11 is 0. The van der Waals surface area contributed by atoms with Crippen molar-refractivity contribution in [2.24, 2.45) is 5.73 Å². The van der Waals surface area contributed by atoms with Crippen molar-refractivity contribution in [2.45, 2.75) is 38.3 Å². The van der Waals surface area contributed by atoms with Crippen LogP contribution in [-0.4, -0.2) is 30.3 Å². The zero-order chi connectivity index (χ0) is 12.1. The zero-order valence-electron chi connectivity index (χ0n) is 10.3. The Hall–Kier alpha value is -1.13. The molecule has 1 aromatic heterocycles. The lowest BCUT2D eigenvalue weighted by Gasteiger charge is -2.23. The molecule has 0 radical (unpaired) electrons. The molecule has 94 valence electrons. The third-order valence-corrected chi connectivity index (χ3v) is 2.75. The van der Waals surface area contributed by atoms with Crippen molar-refractivity contribution in [2.75, 3.05) is 13.2 Å². The Balaban J connectivity index is 1.88. The van der Waals surface area contributed by atoms with E-state index in [1.54, 1.807) is 6.20 Å². The van der Waals surface area contributed by atoms with Gasteiger partial charge in [0, 0.05) is 24.8 Å². The Kier molecular flexibility index (Phi) is 4.34. The molecule has 2 unspecified atom stereocenters. The molecule has 1 aliphatic rings. The van der Waals surface area contributed by atoms with Crippen LogP contribution in [0.3, 0.4) is 0 Å². The summed E-state index contributed by atoms with van der Waals surface area (Å²) in [4.78, 5) is 4.34. The summed E-state index contributed by atoms with van der Waals surface area (Å²) in [7, 11) is 0. The predicted octanol–water partition coefficient (Wildman–Crippen LogP) is 1.53. The van der Waals surface area contributed by atoms with E-state index in [1.165, 1.54) is 0 Å². The number of nitrogens with two attached hydrogens (primary N) is 1. The lowest BCUT2D eigenvalue weighted by Crippen LogP contribution is -2.28. The largest absolute Gasteiger partial charge is 0.486 e. The van der Waals surface area contributed by atoms with Crippen LogP contribution in [0.25, 0.3) is 0 Å². The first-order valence-electron chi connectivity index (χ1n) is 6.19. The summed E-state index contributed by atoms with van der Waals surface area (Å²) in [5, 5.41) is 0. The van der Waals surface area contributed by atoms with Crippen LogP contribution < -0.4 is 10.5 Å². The highest BCUT2D eigenvalue weighted by atomic mass is 16.5. The molecule has 2 atom stereocenters. The minimum atomic E-state index is 0.140. The molecule has 1 fully saturated rings. The fourth-order valence-electron chi connectivity index (χ4n) is 1.93. The van der Waals surface area contributed by atoms with Crippen molar-refractivity contribution in [3.63, 3.8) is 0 Å². The summed E-state index contributed by atoms with van der Waals surface area (Å²) in [5.74, 6) is 0.814. The normalized spacial score (nSPS) is 22.1. The van der Waals surface area contributed by atoms with E-state index in [4.69, 9.17) is 15.2 Å². The topological polar surface area (TPSA) is 57.4 Å². The van der Waals surface area contributed by atoms with Gasteiger partial charge >= 0.3 is 0 Å². The van der Waals surface area contributed by atoms with E-state index in [9.17, 15) is 0 Å². The summed E-state index contributed by atoms with van der Waals surface area (Å²) in [5.41, 5.74) is 6.73. The van der Waals surface area contributed by atoms with Crippen LogP contribution in [0.5, 0.6) is 5.75 Å². The Bertz CT molecular complexity index is 332. The summed E-state index contributed by atoms with van der Waals surface area (Å²) in [6.07, 6.45) is 4.87. The zero-order valence-corrected chi connectivity index (χ0v) is 10.3. The second-order valence-electron chi connectivity index (χ2n) is 4.62. The number of hydrogen-bond donors (Lipinski definition) is 1. The first-order valence-corrected chi connectivity index (χ1v) is 6.19. The first-order chi connectivity index (χ1) is 8.24. The van der Waals surface area contributed by atoms with E-state index in [2.05, 4.69) is 4.98 Å². The third-order valence-electron chi connectivity index (χ3n) is 2.75. The van der Waals surface area contributed by atoms with E-state index in [1.807, 2.05) is 19.1 Å². The van der Waals surface area contributed by atoms with Gasteiger partial charge in [0.2, 0.25) is 0 Å². The molecule has 2 N–H and O–H groups in total. The van der Waals surface area contributed by atoms with Gasteiger partial charge in [0.15, 0.2) is 0 Å². The van der Waals surface area contributed by atoms with Crippen LogP contribution in [0, 0.1) is 0 Å². The standard InChI is InChI=1S/C13H20N2O2/c1-10(14)7-11-4-5-12(8-15-11)17-13-3-2-6-16-9-13/h4-5,8,10,13H,2-3,6-7,9,14H2,1H3. The monoisotopic (exact) mass is 236 g/mol. The Morgan fingerprint density at radius 1 is 1.59 bits per heavy atom. The highest BCUT2D eigenvalue weighted by Crippen LogP contribution is 2.16. The van der Waals surface area contributed by atoms with Gasteiger partial charge in [-0.3, -0.25) is 4.98 Å². The fourth-order valence-corrected chi connectivity index (χ4v) is 1.93. The van der Waals surface area contributed by atoms with Gasteiger partial charge in [-0.25, -0.2) is 0 Å². The maximum Gasteiger partial charge on any atom is 0.138 e. The van der Waals surface area contributed by atoms with Crippen molar-refractivity contribution in [3.05, 3.63) is 24.0 Å². The quantitative estimate of drug-likeness (QED) is 0.861. The van der Waals surface area contributed by atoms with Gasteiger partial charge in [-0.05, 0) is 31.9 Å². The highest BCUT2D eigenvalue weighted by Gasteiger charge is 2.15. The van der Waals surface area contributed by atoms with E-state index in [0.29, 0.717) is 6.61 Å². The highest BCUT2D eigenvalue weighted by molar-refractivity contribution is 5.20. The van der Waals surface area contributed by atoms with Crippen molar-refractivity contribution in [3.8, 4) is 5.75 Å². The third kappa shape index (κ3) is 3.98. The Morgan fingerprint density at radius 2 is 2.47 bits per heavy atom. The molecule has 17 heavy (non-hydrogen) atoms. The van der Waals surface area contributed by atoms with Gasteiger partial charge in [-0.15, -0.1) is 0 Å². The average Bonchev–Trinajstić information content (AvgIpc) is 2.32. The van der Waals surface area contributed by atoms with Crippen LogP contribution >= 0.6 is 0 Å². The molecule has 0 aromatic carbocycles. The molecule has 4 heteroatoms. The average molecular weight is 236 g/mol. The number of nitrogens with zero attached hydrogens (tertiary/aromatic N) is 1. The molecule has 2 heterocycles. The maximum absolute atomic E-state index is 5.80. The van der Waals surface area contributed by atoms with Gasteiger partial charge in [0.1, 0.15) is 11.9 Å². The van der Waals surface area contributed by atoms with Crippen molar-refractivity contribution < 1.29 is 9.47 Å². The summed E-state index contributed by atoms with van der Waals surface area (Å²) < 4.78 is 11.2. The van der Waals surface area contributed by atoms with Crippen LogP contribution in [0.4, 0.5) is 0 Å². The van der Waals surface area contributed by atoms with Gasteiger partial charge in [-0.1, -0.05) is 0 Å². The van der Waals surface area contributed by atoms with E-state index < -0.39 is 0 Å². The van der Waals surface area contributed by atoms with Crippen LogP contribution in [-0.2, 0) is 11.2 Å². The smallest absolute Gasteiger partial charge is 0.138 e. The number of rotatable bonds is 4. The minimum absolute atomic E-state index is 0.140. The molecule has 0 spiro atoms. The lowest BCUT2D eigenvalue weighted by molar-refractivity contribution is 0.00727. The van der Waals surface area contributed by atoms with Crippen molar-refractivity contribution >= 4 is 0 Å². The summed E-state index contributed by atoms with van der Waals surface area (Å²) in [6.45, 7) is 3.51. The van der Waals surface area contributed by atoms with Crippen molar-refractivity contribution in [1.29, 1.82) is 0 Å². The van der Waals surface area contributed by atoms with Gasteiger partial charge in [0.25, 0.3) is 0 Å². The molecule has 1 saturated heterocycles. The second-order valence-corrected chi connectivity index (χ2v) is 4.62. The molecule has 0 saturated carbocycles. The first kappa shape index (κ1) is 12.3. The Labute approximate surface area is 102 Å². The number of hydrogen-bond acceptors (Lipinski definition) is 4. The fraction of sp³-hybridized carbons (Fsp3) is 0.615. The van der Waals surface area contributed by atoms with Gasteiger partial charge in [0.05, 0.1) is 12.8 Å². The maximum atomic E-state index is 5.80. The predicted molar refractivity (Wildman–Crippen MR) is 66.1 cm³/mol. The summed E-state index contributed by atoms with van der Waals surface area (Å²) in [6, 6.07) is 4.07. The van der Waals surface area contributed by atoms with Crippen LogP contribution in [0.2, 0.25) is 0 Å². The molecule has 2 rings (SSSR count). The van der Waals surface area contributed by atoms with Crippen molar-refractivity contribution in [1.82, 2.24) is 4.98 Å². The lowest BCUT2D eigenvalue weighted by atomic mass is 10.1. The SMILES string of the molecule is CC(N)Cc1ccc(OC2CCCOC2)cn1. The molecular formula is C13H20N2O2. The van der Waals surface area contributed by atoms with Crippen LogP contribution in [0.15, 0.2) is 18.3 Å². The molecule has 0 bridgehead atoms. The number of aromatic nitrogens is 1. The molecule has 1 aromatic rings. The number of pyridine rings is 1. The number of ether oxygens (including phenoxy) is 2. The minimum Gasteiger partial charge on any atom is -0.486 e. The van der Waals surface area contributed by atoms with Gasteiger partial charge < -0.3 is 15.2 Å². The second kappa shape index (κ2) is 5.98. The van der Waals surface area contributed by atoms with Gasteiger partial charge in [-0.2, -0.15) is 0 Å². The van der Waals surface area contributed by atoms with E-state index in [-0.39, 0.29) is 12.1 Å². The van der Waals surface area contributed by atoms with Crippen LogP contribution in [0.1, 0.15) is 25.5 Å². The molecule has 4 nitrogen and oxygen atoms in total. The molecule has 1 aliphatic heterocycles. The van der Waals surface area contributed by atoms with E-state index in [0.717, 1.165) is 37.3 Å².